The Morgan fingerprint density at radius 3 is 2.52 bits per heavy atom. The summed E-state index contributed by atoms with van der Waals surface area (Å²) in [6.07, 6.45) is 2.24. The molecule has 0 bridgehead atoms. The third-order valence-electron chi connectivity index (χ3n) is 4.19. The summed E-state index contributed by atoms with van der Waals surface area (Å²) in [6, 6.07) is 16.4. The van der Waals surface area contributed by atoms with Gasteiger partial charge in [-0.25, -0.2) is 4.98 Å². The molecule has 3 rings (SSSR count). The topological polar surface area (TPSA) is 69.7 Å². The number of amides is 1. The molecule has 1 heterocycles. The summed E-state index contributed by atoms with van der Waals surface area (Å²) in [6.45, 7) is 0.459. The van der Waals surface area contributed by atoms with Gasteiger partial charge in [0, 0.05) is 17.2 Å². The predicted molar refractivity (Wildman–Crippen MR) is 114 cm³/mol. The zero-order chi connectivity index (χ0) is 20.6. The maximum Gasteiger partial charge on any atom is 0.256 e. The van der Waals surface area contributed by atoms with Crippen molar-refractivity contribution in [2.45, 2.75) is 6.42 Å². The molecule has 0 aliphatic heterocycles. The summed E-state index contributed by atoms with van der Waals surface area (Å²) in [7, 11) is 3.19. The van der Waals surface area contributed by atoms with E-state index in [1.165, 1.54) is 0 Å². The van der Waals surface area contributed by atoms with Crippen LogP contribution < -0.4 is 19.5 Å². The quantitative estimate of drug-likeness (QED) is 0.535. The zero-order valence-corrected chi connectivity index (χ0v) is 17.7. The Morgan fingerprint density at radius 2 is 1.79 bits per heavy atom. The Bertz CT molecular complexity index is 977. The molecule has 0 unspecified atom stereocenters. The van der Waals surface area contributed by atoms with Gasteiger partial charge in [0.15, 0.2) is 11.5 Å². The van der Waals surface area contributed by atoms with Crippen LogP contribution in [0.2, 0.25) is 0 Å². The van der Waals surface area contributed by atoms with Crippen LogP contribution >= 0.6 is 15.9 Å². The standard InChI is InChI=1S/C22H21BrN2O4/c1-27-19-10-5-15(14-20(19)28-2)11-13-24-21(26)18-4-3-12-25-22(18)29-17-8-6-16(23)7-9-17/h3-10,12,14H,11,13H2,1-2H3,(H,24,26). The van der Waals surface area contributed by atoms with Crippen molar-refractivity contribution in [1.82, 2.24) is 10.3 Å². The van der Waals surface area contributed by atoms with Gasteiger partial charge in [-0.05, 0) is 60.5 Å². The van der Waals surface area contributed by atoms with Crippen LogP contribution in [0.25, 0.3) is 0 Å². The fourth-order valence-corrected chi connectivity index (χ4v) is 2.98. The third-order valence-corrected chi connectivity index (χ3v) is 4.72. The molecule has 6 nitrogen and oxygen atoms in total. The lowest BCUT2D eigenvalue weighted by Gasteiger charge is -2.11. The molecule has 150 valence electrons. The Balaban J connectivity index is 1.63. The highest BCUT2D eigenvalue weighted by Gasteiger charge is 2.14. The highest BCUT2D eigenvalue weighted by molar-refractivity contribution is 9.10. The van der Waals surface area contributed by atoms with E-state index < -0.39 is 0 Å². The Labute approximate surface area is 178 Å². The average Bonchev–Trinajstić information content (AvgIpc) is 2.75. The molecule has 0 aliphatic carbocycles. The van der Waals surface area contributed by atoms with Crippen molar-refractivity contribution in [1.29, 1.82) is 0 Å². The van der Waals surface area contributed by atoms with E-state index in [2.05, 4.69) is 26.2 Å². The average molecular weight is 457 g/mol. The number of aromatic nitrogens is 1. The van der Waals surface area contributed by atoms with Crippen LogP contribution in [0.4, 0.5) is 0 Å². The van der Waals surface area contributed by atoms with Crippen LogP contribution in [0.3, 0.4) is 0 Å². The van der Waals surface area contributed by atoms with Crippen LogP contribution in [-0.4, -0.2) is 31.7 Å². The van der Waals surface area contributed by atoms with Crippen molar-refractivity contribution in [3.05, 3.63) is 76.4 Å². The minimum absolute atomic E-state index is 0.245. The number of hydrogen-bond donors (Lipinski definition) is 1. The van der Waals surface area contributed by atoms with Crippen molar-refractivity contribution in [2.24, 2.45) is 0 Å². The van der Waals surface area contributed by atoms with Crippen LogP contribution in [0.5, 0.6) is 23.1 Å². The zero-order valence-electron chi connectivity index (χ0n) is 16.1. The first kappa shape index (κ1) is 20.7. The first-order valence-electron chi connectivity index (χ1n) is 8.98. The number of rotatable bonds is 8. The fraction of sp³-hybridized carbons (Fsp3) is 0.182. The molecule has 0 aliphatic rings. The molecule has 3 aromatic rings. The number of carbonyl (C=O) groups is 1. The van der Waals surface area contributed by atoms with Gasteiger partial charge in [0.05, 0.1) is 14.2 Å². The number of methoxy groups -OCH3 is 2. The number of pyridine rings is 1. The number of hydrogen-bond acceptors (Lipinski definition) is 5. The summed E-state index contributed by atoms with van der Waals surface area (Å²) >= 11 is 3.38. The second-order valence-electron chi connectivity index (χ2n) is 6.11. The van der Waals surface area contributed by atoms with Crippen molar-refractivity contribution < 1.29 is 19.0 Å². The second-order valence-corrected chi connectivity index (χ2v) is 7.02. The Kier molecular flexibility index (Phi) is 7.08. The summed E-state index contributed by atoms with van der Waals surface area (Å²) in [5.41, 5.74) is 1.41. The maximum absolute atomic E-state index is 12.6. The lowest BCUT2D eigenvalue weighted by atomic mass is 10.1. The van der Waals surface area contributed by atoms with Crippen LogP contribution in [-0.2, 0) is 6.42 Å². The molecule has 0 spiro atoms. The number of ether oxygens (including phenoxy) is 3. The highest BCUT2D eigenvalue weighted by atomic mass is 79.9. The molecule has 0 atom stereocenters. The minimum atomic E-state index is -0.245. The van der Waals surface area contributed by atoms with E-state index in [1.54, 1.807) is 44.7 Å². The first-order valence-corrected chi connectivity index (χ1v) is 9.77. The lowest BCUT2D eigenvalue weighted by molar-refractivity contribution is 0.0951. The Morgan fingerprint density at radius 1 is 1.03 bits per heavy atom. The van der Waals surface area contributed by atoms with Gasteiger partial charge < -0.3 is 19.5 Å². The molecule has 2 aromatic carbocycles. The normalized spacial score (nSPS) is 10.3. The second kappa shape index (κ2) is 9.93. The minimum Gasteiger partial charge on any atom is -0.493 e. The number of benzene rings is 2. The summed E-state index contributed by atoms with van der Waals surface area (Å²) < 4.78 is 17.3. The van der Waals surface area contributed by atoms with Gasteiger partial charge in [0.25, 0.3) is 5.91 Å². The van der Waals surface area contributed by atoms with E-state index in [1.807, 2.05) is 30.3 Å². The van der Waals surface area contributed by atoms with E-state index in [0.717, 1.165) is 10.0 Å². The van der Waals surface area contributed by atoms with Gasteiger partial charge in [-0.2, -0.15) is 0 Å². The molecule has 1 aromatic heterocycles. The van der Waals surface area contributed by atoms with Crippen LogP contribution in [0, 0.1) is 0 Å². The van der Waals surface area contributed by atoms with Gasteiger partial charge in [-0.1, -0.05) is 22.0 Å². The van der Waals surface area contributed by atoms with Gasteiger partial charge in [0.1, 0.15) is 11.3 Å². The van der Waals surface area contributed by atoms with Gasteiger partial charge in [0.2, 0.25) is 5.88 Å². The molecule has 1 N–H and O–H groups in total. The number of nitrogens with one attached hydrogen (secondary N) is 1. The number of nitrogens with zero attached hydrogens (tertiary/aromatic N) is 1. The molecular formula is C22H21BrN2O4. The van der Waals surface area contributed by atoms with Crippen molar-refractivity contribution in [3.8, 4) is 23.1 Å². The third kappa shape index (κ3) is 5.48. The number of carbonyl (C=O) groups excluding carboxylic acids is 1. The van der Waals surface area contributed by atoms with E-state index in [9.17, 15) is 4.79 Å². The Hall–Kier alpha value is -3.06. The van der Waals surface area contributed by atoms with Crippen molar-refractivity contribution >= 4 is 21.8 Å². The van der Waals surface area contributed by atoms with Crippen molar-refractivity contribution in [2.75, 3.05) is 20.8 Å². The highest BCUT2D eigenvalue weighted by Crippen LogP contribution is 2.28. The maximum atomic E-state index is 12.6. The molecule has 29 heavy (non-hydrogen) atoms. The molecular weight excluding hydrogens is 436 g/mol. The van der Waals surface area contributed by atoms with Gasteiger partial charge >= 0.3 is 0 Å². The SMILES string of the molecule is COc1ccc(CCNC(=O)c2cccnc2Oc2ccc(Br)cc2)cc1OC. The fourth-order valence-electron chi connectivity index (χ4n) is 2.71. The van der Waals surface area contributed by atoms with E-state index in [0.29, 0.717) is 35.8 Å². The molecule has 1 amide bonds. The van der Waals surface area contributed by atoms with Crippen molar-refractivity contribution in [3.63, 3.8) is 0 Å². The molecule has 0 saturated heterocycles. The monoisotopic (exact) mass is 456 g/mol. The van der Waals surface area contributed by atoms with E-state index in [-0.39, 0.29) is 11.8 Å². The largest absolute Gasteiger partial charge is 0.493 e. The number of halogens is 1. The van der Waals surface area contributed by atoms with Gasteiger partial charge in [-0.15, -0.1) is 0 Å². The summed E-state index contributed by atoms with van der Waals surface area (Å²) in [5.74, 6) is 1.95. The lowest BCUT2D eigenvalue weighted by Crippen LogP contribution is -2.26. The molecule has 0 radical (unpaired) electrons. The predicted octanol–water partition coefficient (Wildman–Crippen LogP) is 4.63. The molecule has 0 saturated carbocycles. The molecule has 0 fully saturated rings. The van der Waals surface area contributed by atoms with Crippen LogP contribution in [0.1, 0.15) is 15.9 Å². The smallest absolute Gasteiger partial charge is 0.256 e. The molecule has 7 heteroatoms. The van der Waals surface area contributed by atoms with Gasteiger partial charge in [-0.3, -0.25) is 4.79 Å². The van der Waals surface area contributed by atoms with Crippen LogP contribution in [0.15, 0.2) is 65.3 Å². The summed E-state index contributed by atoms with van der Waals surface area (Å²) in [5, 5.41) is 2.91. The van der Waals surface area contributed by atoms with E-state index >= 15 is 0 Å². The first-order chi connectivity index (χ1) is 14.1. The summed E-state index contributed by atoms with van der Waals surface area (Å²) in [4.78, 5) is 16.8. The van der Waals surface area contributed by atoms with E-state index in [4.69, 9.17) is 14.2 Å².